The molecule has 1 N–H and O–H groups in total. The quantitative estimate of drug-likeness (QED) is 0.693. The standard InChI is InChI=1S/C11H23NO2/c1-5-11(13)8-12(10(2,3)4)6-7-14-9-11/h13H,5-9H2,1-4H3/t11-/m1/s1. The summed E-state index contributed by atoms with van der Waals surface area (Å²) in [6, 6.07) is 0. The Labute approximate surface area is 87.1 Å². The van der Waals surface area contributed by atoms with Crippen molar-refractivity contribution in [3.05, 3.63) is 0 Å². The molecule has 3 nitrogen and oxygen atoms in total. The molecule has 0 saturated carbocycles. The van der Waals surface area contributed by atoms with Crippen LogP contribution in [0.5, 0.6) is 0 Å². The molecule has 0 spiro atoms. The average molecular weight is 201 g/mol. The minimum Gasteiger partial charge on any atom is -0.386 e. The Morgan fingerprint density at radius 3 is 2.57 bits per heavy atom. The van der Waals surface area contributed by atoms with E-state index in [1.807, 2.05) is 6.92 Å². The highest BCUT2D eigenvalue weighted by Crippen LogP contribution is 2.22. The Morgan fingerprint density at radius 1 is 1.43 bits per heavy atom. The van der Waals surface area contributed by atoms with E-state index in [4.69, 9.17) is 4.74 Å². The molecule has 1 aliphatic heterocycles. The maximum absolute atomic E-state index is 10.2. The lowest BCUT2D eigenvalue weighted by atomic mass is 9.98. The average Bonchev–Trinajstić information content (AvgIpc) is 2.27. The van der Waals surface area contributed by atoms with Crippen LogP contribution in [0, 0.1) is 0 Å². The second-order valence-corrected chi connectivity index (χ2v) is 5.22. The fourth-order valence-corrected chi connectivity index (χ4v) is 1.70. The number of hydrogen-bond acceptors (Lipinski definition) is 3. The van der Waals surface area contributed by atoms with E-state index >= 15 is 0 Å². The number of ether oxygens (including phenoxy) is 1. The third-order valence-electron chi connectivity index (χ3n) is 2.97. The maximum atomic E-state index is 10.2. The third-order valence-corrected chi connectivity index (χ3v) is 2.97. The monoisotopic (exact) mass is 201 g/mol. The predicted molar refractivity (Wildman–Crippen MR) is 57.4 cm³/mol. The van der Waals surface area contributed by atoms with Crippen molar-refractivity contribution in [2.24, 2.45) is 0 Å². The summed E-state index contributed by atoms with van der Waals surface area (Å²) >= 11 is 0. The van der Waals surface area contributed by atoms with Gasteiger partial charge in [-0.25, -0.2) is 0 Å². The summed E-state index contributed by atoms with van der Waals surface area (Å²) in [7, 11) is 0. The van der Waals surface area contributed by atoms with Crippen LogP contribution in [0.15, 0.2) is 0 Å². The molecule has 1 heterocycles. The molecule has 1 saturated heterocycles. The fraction of sp³-hybridized carbons (Fsp3) is 1.00. The van der Waals surface area contributed by atoms with Crippen LogP contribution in [0.25, 0.3) is 0 Å². The first-order valence-corrected chi connectivity index (χ1v) is 5.42. The minimum absolute atomic E-state index is 0.108. The van der Waals surface area contributed by atoms with Crippen molar-refractivity contribution in [1.29, 1.82) is 0 Å². The molecular weight excluding hydrogens is 178 g/mol. The first-order chi connectivity index (χ1) is 6.37. The first kappa shape index (κ1) is 12.0. The van der Waals surface area contributed by atoms with Crippen molar-refractivity contribution in [3.63, 3.8) is 0 Å². The van der Waals surface area contributed by atoms with Gasteiger partial charge < -0.3 is 9.84 Å². The molecule has 0 bridgehead atoms. The molecule has 84 valence electrons. The van der Waals surface area contributed by atoms with E-state index in [0.717, 1.165) is 19.6 Å². The first-order valence-electron chi connectivity index (χ1n) is 5.42. The maximum Gasteiger partial charge on any atom is 0.100 e. The van der Waals surface area contributed by atoms with Crippen molar-refractivity contribution < 1.29 is 9.84 Å². The van der Waals surface area contributed by atoms with Crippen LogP contribution in [0.3, 0.4) is 0 Å². The normalized spacial score (nSPS) is 31.5. The van der Waals surface area contributed by atoms with E-state index in [1.54, 1.807) is 0 Å². The van der Waals surface area contributed by atoms with Crippen LogP contribution >= 0.6 is 0 Å². The lowest BCUT2D eigenvalue weighted by molar-refractivity contribution is -0.0465. The lowest BCUT2D eigenvalue weighted by Gasteiger charge is -2.38. The Hall–Kier alpha value is -0.120. The summed E-state index contributed by atoms with van der Waals surface area (Å²) in [4.78, 5) is 2.30. The molecule has 0 aromatic carbocycles. The summed E-state index contributed by atoms with van der Waals surface area (Å²) in [5.74, 6) is 0. The molecule has 0 amide bonds. The van der Waals surface area contributed by atoms with Gasteiger partial charge in [0.15, 0.2) is 0 Å². The molecule has 0 aromatic heterocycles. The Bertz CT molecular complexity index is 188. The van der Waals surface area contributed by atoms with Gasteiger partial charge in [-0.15, -0.1) is 0 Å². The molecule has 1 fully saturated rings. The SMILES string of the molecule is CC[C@]1(O)COCCN(C(C)(C)C)C1. The van der Waals surface area contributed by atoms with Crippen molar-refractivity contribution in [2.75, 3.05) is 26.3 Å². The summed E-state index contributed by atoms with van der Waals surface area (Å²) in [6.07, 6.45) is 0.750. The summed E-state index contributed by atoms with van der Waals surface area (Å²) < 4.78 is 5.43. The van der Waals surface area contributed by atoms with Crippen LogP contribution in [0.2, 0.25) is 0 Å². The lowest BCUT2D eigenvalue weighted by Crippen LogP contribution is -2.50. The summed E-state index contributed by atoms with van der Waals surface area (Å²) in [5, 5.41) is 10.2. The van der Waals surface area contributed by atoms with E-state index < -0.39 is 5.60 Å². The Kier molecular flexibility index (Phi) is 3.56. The van der Waals surface area contributed by atoms with Gasteiger partial charge in [0.2, 0.25) is 0 Å². The van der Waals surface area contributed by atoms with Crippen LogP contribution in [0.1, 0.15) is 34.1 Å². The molecule has 1 rings (SSSR count). The molecule has 0 unspecified atom stereocenters. The highest BCUT2D eigenvalue weighted by Gasteiger charge is 2.34. The van der Waals surface area contributed by atoms with E-state index in [1.165, 1.54) is 0 Å². The van der Waals surface area contributed by atoms with E-state index in [9.17, 15) is 5.11 Å². The van der Waals surface area contributed by atoms with Crippen molar-refractivity contribution in [2.45, 2.75) is 45.3 Å². The second kappa shape index (κ2) is 4.17. The van der Waals surface area contributed by atoms with Gasteiger partial charge in [0.05, 0.1) is 13.2 Å². The van der Waals surface area contributed by atoms with Crippen LogP contribution < -0.4 is 0 Å². The van der Waals surface area contributed by atoms with E-state index in [0.29, 0.717) is 13.2 Å². The van der Waals surface area contributed by atoms with Crippen LogP contribution in [0.4, 0.5) is 0 Å². The largest absolute Gasteiger partial charge is 0.386 e. The molecule has 1 atom stereocenters. The third kappa shape index (κ3) is 2.94. The summed E-state index contributed by atoms with van der Waals surface area (Å²) in [5.41, 5.74) is -0.555. The van der Waals surface area contributed by atoms with Crippen molar-refractivity contribution in [1.82, 2.24) is 4.90 Å². The minimum atomic E-state index is -0.663. The Balaban J connectivity index is 2.70. The van der Waals surface area contributed by atoms with Crippen molar-refractivity contribution in [3.8, 4) is 0 Å². The van der Waals surface area contributed by atoms with Crippen LogP contribution in [-0.4, -0.2) is 47.4 Å². The zero-order valence-electron chi connectivity index (χ0n) is 9.84. The zero-order chi connectivity index (χ0) is 10.8. The second-order valence-electron chi connectivity index (χ2n) is 5.22. The smallest absolute Gasteiger partial charge is 0.100 e. The summed E-state index contributed by atoms with van der Waals surface area (Å²) in [6.45, 7) is 11.3. The number of rotatable bonds is 1. The zero-order valence-corrected chi connectivity index (χ0v) is 9.84. The number of β-amino-alcohol motifs (C(OH)–C–C–N with tert-alkyl or cyclic N) is 1. The molecule has 14 heavy (non-hydrogen) atoms. The van der Waals surface area contributed by atoms with Gasteiger partial charge in [0.25, 0.3) is 0 Å². The number of aliphatic hydroxyl groups is 1. The molecule has 3 heteroatoms. The molecule has 0 aromatic rings. The van der Waals surface area contributed by atoms with Gasteiger partial charge in [-0.3, -0.25) is 4.90 Å². The molecular formula is C11H23NO2. The van der Waals surface area contributed by atoms with E-state index in [-0.39, 0.29) is 5.54 Å². The highest BCUT2D eigenvalue weighted by atomic mass is 16.5. The van der Waals surface area contributed by atoms with Gasteiger partial charge >= 0.3 is 0 Å². The highest BCUT2D eigenvalue weighted by molar-refractivity contribution is 4.88. The molecule has 1 aliphatic rings. The van der Waals surface area contributed by atoms with Gasteiger partial charge in [-0.05, 0) is 27.2 Å². The predicted octanol–water partition coefficient (Wildman–Crippen LogP) is 1.26. The topological polar surface area (TPSA) is 32.7 Å². The molecule has 0 aliphatic carbocycles. The van der Waals surface area contributed by atoms with E-state index in [2.05, 4.69) is 25.7 Å². The number of nitrogens with zero attached hydrogens (tertiary/aromatic N) is 1. The van der Waals surface area contributed by atoms with Gasteiger partial charge in [0, 0.05) is 18.6 Å². The van der Waals surface area contributed by atoms with Gasteiger partial charge in [-0.2, -0.15) is 0 Å². The Morgan fingerprint density at radius 2 is 2.07 bits per heavy atom. The van der Waals surface area contributed by atoms with Crippen molar-refractivity contribution >= 4 is 0 Å². The molecule has 0 radical (unpaired) electrons. The van der Waals surface area contributed by atoms with Gasteiger partial charge in [-0.1, -0.05) is 6.92 Å². The number of hydrogen-bond donors (Lipinski definition) is 1. The van der Waals surface area contributed by atoms with Crippen LogP contribution in [-0.2, 0) is 4.74 Å². The fourth-order valence-electron chi connectivity index (χ4n) is 1.70. The van der Waals surface area contributed by atoms with Gasteiger partial charge in [0.1, 0.15) is 5.60 Å².